The predicted molar refractivity (Wildman–Crippen MR) is 136 cm³/mol. The predicted octanol–water partition coefficient (Wildman–Crippen LogP) is 4.19. The summed E-state index contributed by atoms with van der Waals surface area (Å²) in [5, 5.41) is 5.48. The number of esters is 1. The summed E-state index contributed by atoms with van der Waals surface area (Å²) < 4.78 is 11.4. The lowest BCUT2D eigenvalue weighted by atomic mass is 10.0. The standard InChI is InChI=1S/C28H38N2O5/c1-19(2)16-24(29-20(3)31)26(32)30-25(27(33)35-28(4,5)6)17-21-12-14-23(15-13-21)34-18-22-10-8-7-9-11-22/h7-15,19,24-25H,16-18H2,1-6H3,(H,29,31)(H,30,32)/t24-,25-/m0/s1. The third-order valence-electron chi connectivity index (χ3n) is 5.02. The van der Waals surface area contributed by atoms with E-state index in [2.05, 4.69) is 10.6 Å². The molecular weight excluding hydrogens is 444 g/mol. The van der Waals surface area contributed by atoms with Crippen molar-refractivity contribution in [1.82, 2.24) is 10.6 Å². The van der Waals surface area contributed by atoms with E-state index >= 15 is 0 Å². The highest BCUT2D eigenvalue weighted by atomic mass is 16.6. The molecule has 190 valence electrons. The highest BCUT2D eigenvalue weighted by molar-refractivity contribution is 5.90. The van der Waals surface area contributed by atoms with Crippen LogP contribution in [0.3, 0.4) is 0 Å². The lowest BCUT2D eigenvalue weighted by Gasteiger charge is -2.27. The van der Waals surface area contributed by atoms with Crippen LogP contribution in [-0.2, 0) is 32.1 Å². The van der Waals surface area contributed by atoms with Crippen LogP contribution in [0.25, 0.3) is 0 Å². The summed E-state index contributed by atoms with van der Waals surface area (Å²) in [6.45, 7) is 11.1. The van der Waals surface area contributed by atoms with Gasteiger partial charge in [-0.25, -0.2) is 4.79 Å². The molecule has 2 N–H and O–H groups in total. The second-order valence-corrected chi connectivity index (χ2v) is 10.1. The van der Waals surface area contributed by atoms with Crippen molar-refractivity contribution in [3.8, 4) is 5.75 Å². The molecule has 2 amide bonds. The van der Waals surface area contributed by atoms with Gasteiger partial charge in [-0.2, -0.15) is 0 Å². The second kappa shape index (κ2) is 12.9. The van der Waals surface area contributed by atoms with Crippen LogP contribution in [-0.4, -0.2) is 35.5 Å². The summed E-state index contributed by atoms with van der Waals surface area (Å²) >= 11 is 0. The number of carbonyl (C=O) groups is 3. The van der Waals surface area contributed by atoms with Crippen LogP contribution < -0.4 is 15.4 Å². The number of benzene rings is 2. The second-order valence-electron chi connectivity index (χ2n) is 10.1. The van der Waals surface area contributed by atoms with Crippen molar-refractivity contribution in [3.05, 3.63) is 65.7 Å². The van der Waals surface area contributed by atoms with Crippen LogP contribution in [0.1, 0.15) is 59.1 Å². The van der Waals surface area contributed by atoms with E-state index in [4.69, 9.17) is 9.47 Å². The van der Waals surface area contributed by atoms with Gasteiger partial charge in [-0.15, -0.1) is 0 Å². The maximum atomic E-state index is 13.0. The van der Waals surface area contributed by atoms with Crippen LogP contribution in [0.2, 0.25) is 0 Å². The Morgan fingerprint density at radius 3 is 2.03 bits per heavy atom. The van der Waals surface area contributed by atoms with Gasteiger partial charge in [-0.3, -0.25) is 9.59 Å². The van der Waals surface area contributed by atoms with Gasteiger partial charge in [0.15, 0.2) is 0 Å². The SMILES string of the molecule is CC(=O)N[C@@H](CC(C)C)C(=O)N[C@@H](Cc1ccc(OCc2ccccc2)cc1)C(=O)OC(C)(C)C. The molecule has 2 rings (SSSR count). The Kier molecular flexibility index (Phi) is 10.3. The molecule has 7 heteroatoms. The molecule has 7 nitrogen and oxygen atoms in total. The van der Waals surface area contributed by atoms with Gasteiger partial charge in [0.2, 0.25) is 11.8 Å². The van der Waals surface area contributed by atoms with Gasteiger partial charge < -0.3 is 20.1 Å². The van der Waals surface area contributed by atoms with E-state index in [0.29, 0.717) is 18.8 Å². The minimum Gasteiger partial charge on any atom is -0.489 e. The van der Waals surface area contributed by atoms with Gasteiger partial charge in [0, 0.05) is 13.3 Å². The van der Waals surface area contributed by atoms with Gasteiger partial charge >= 0.3 is 5.97 Å². The summed E-state index contributed by atoms with van der Waals surface area (Å²) in [6.07, 6.45) is 0.702. The van der Waals surface area contributed by atoms with E-state index in [-0.39, 0.29) is 18.2 Å². The van der Waals surface area contributed by atoms with E-state index in [1.807, 2.05) is 68.4 Å². The molecule has 2 aromatic carbocycles. The average molecular weight is 483 g/mol. The van der Waals surface area contributed by atoms with Crippen LogP contribution in [0.5, 0.6) is 5.75 Å². The zero-order valence-electron chi connectivity index (χ0n) is 21.6. The Morgan fingerprint density at radius 2 is 1.49 bits per heavy atom. The number of rotatable bonds is 11. The number of carbonyl (C=O) groups excluding carboxylic acids is 3. The summed E-state index contributed by atoms with van der Waals surface area (Å²) in [7, 11) is 0. The fourth-order valence-corrected chi connectivity index (χ4v) is 3.49. The molecule has 35 heavy (non-hydrogen) atoms. The fraction of sp³-hybridized carbons (Fsp3) is 0.464. The molecule has 0 saturated carbocycles. The Morgan fingerprint density at radius 1 is 0.857 bits per heavy atom. The van der Waals surface area contributed by atoms with Gasteiger partial charge in [0.1, 0.15) is 30.0 Å². The molecule has 0 aliphatic rings. The van der Waals surface area contributed by atoms with Crippen molar-refractivity contribution in [2.45, 2.75) is 78.7 Å². The highest BCUT2D eigenvalue weighted by Gasteiger charge is 2.30. The molecule has 0 aromatic heterocycles. The zero-order valence-corrected chi connectivity index (χ0v) is 21.6. The maximum absolute atomic E-state index is 13.0. The van der Waals surface area contributed by atoms with Crippen LogP contribution in [0.15, 0.2) is 54.6 Å². The third-order valence-corrected chi connectivity index (χ3v) is 5.02. The molecule has 0 fully saturated rings. The fourth-order valence-electron chi connectivity index (χ4n) is 3.49. The van der Waals surface area contributed by atoms with Crippen molar-refractivity contribution < 1.29 is 23.9 Å². The Balaban J connectivity index is 2.12. The van der Waals surface area contributed by atoms with Gasteiger partial charge in [0.05, 0.1) is 0 Å². The smallest absolute Gasteiger partial charge is 0.329 e. The largest absolute Gasteiger partial charge is 0.489 e. The van der Waals surface area contributed by atoms with E-state index in [1.165, 1.54) is 6.92 Å². The molecule has 0 aliphatic heterocycles. The van der Waals surface area contributed by atoms with Crippen LogP contribution in [0.4, 0.5) is 0 Å². The number of amides is 2. The normalized spacial score (nSPS) is 13.0. The average Bonchev–Trinajstić information content (AvgIpc) is 2.76. The lowest BCUT2D eigenvalue weighted by Crippen LogP contribution is -2.53. The zero-order chi connectivity index (χ0) is 26.0. The Labute approximate surface area is 208 Å². The molecule has 0 aliphatic carbocycles. The topological polar surface area (TPSA) is 93.7 Å². The molecule has 0 radical (unpaired) electrons. The third kappa shape index (κ3) is 10.6. The summed E-state index contributed by atoms with van der Waals surface area (Å²) in [4.78, 5) is 37.6. The molecule has 0 heterocycles. The molecule has 0 bridgehead atoms. The molecule has 0 unspecified atom stereocenters. The van der Waals surface area contributed by atoms with E-state index < -0.39 is 29.6 Å². The molecular formula is C28H38N2O5. The first kappa shape index (κ1) is 27.9. The number of hydrogen-bond acceptors (Lipinski definition) is 5. The van der Waals surface area contributed by atoms with Crippen molar-refractivity contribution in [2.75, 3.05) is 0 Å². The maximum Gasteiger partial charge on any atom is 0.329 e. The first-order valence-corrected chi connectivity index (χ1v) is 12.0. The van der Waals surface area contributed by atoms with Crippen LogP contribution >= 0.6 is 0 Å². The van der Waals surface area contributed by atoms with Crippen molar-refractivity contribution in [1.29, 1.82) is 0 Å². The highest BCUT2D eigenvalue weighted by Crippen LogP contribution is 2.17. The monoisotopic (exact) mass is 482 g/mol. The van der Waals surface area contributed by atoms with Gasteiger partial charge in [0.25, 0.3) is 0 Å². The van der Waals surface area contributed by atoms with Crippen LogP contribution in [0, 0.1) is 5.92 Å². The lowest BCUT2D eigenvalue weighted by molar-refractivity contribution is -0.158. The summed E-state index contributed by atoms with van der Waals surface area (Å²) in [5.74, 6) is -0.348. The Bertz CT molecular complexity index is 965. The molecule has 0 saturated heterocycles. The van der Waals surface area contributed by atoms with E-state index in [1.54, 1.807) is 20.8 Å². The summed E-state index contributed by atoms with van der Waals surface area (Å²) in [5.41, 5.74) is 1.21. The minimum atomic E-state index is -0.902. The van der Waals surface area contributed by atoms with Gasteiger partial charge in [-0.1, -0.05) is 56.3 Å². The Hall–Kier alpha value is -3.35. The first-order valence-electron chi connectivity index (χ1n) is 12.0. The molecule has 2 atom stereocenters. The first-order chi connectivity index (χ1) is 16.4. The quantitative estimate of drug-likeness (QED) is 0.469. The van der Waals surface area contributed by atoms with Crippen molar-refractivity contribution in [3.63, 3.8) is 0 Å². The van der Waals surface area contributed by atoms with E-state index in [0.717, 1.165) is 11.1 Å². The van der Waals surface area contributed by atoms with Crippen molar-refractivity contribution in [2.24, 2.45) is 5.92 Å². The number of nitrogens with one attached hydrogen (secondary N) is 2. The molecule has 0 spiro atoms. The van der Waals surface area contributed by atoms with Gasteiger partial charge in [-0.05, 0) is 56.4 Å². The molecule has 2 aromatic rings. The number of hydrogen-bond donors (Lipinski definition) is 2. The van der Waals surface area contributed by atoms with Crippen molar-refractivity contribution >= 4 is 17.8 Å². The summed E-state index contributed by atoms with van der Waals surface area (Å²) in [6, 6.07) is 15.6. The van der Waals surface area contributed by atoms with E-state index in [9.17, 15) is 14.4 Å². The number of ether oxygens (including phenoxy) is 2. The minimum absolute atomic E-state index is 0.181.